The summed E-state index contributed by atoms with van der Waals surface area (Å²) in [5, 5.41) is 6.93. The Morgan fingerprint density at radius 1 is 1.14 bits per heavy atom. The molecule has 2 aromatic carbocycles. The van der Waals surface area contributed by atoms with Crippen LogP contribution in [0.15, 0.2) is 53.1 Å². The number of rotatable bonds is 9. The van der Waals surface area contributed by atoms with Gasteiger partial charge in [0.1, 0.15) is 5.75 Å². The summed E-state index contributed by atoms with van der Waals surface area (Å²) in [5.74, 6) is 2.77. The molecule has 0 fully saturated rings. The number of carbonyl (C=O) groups excluding carboxylic acids is 1. The van der Waals surface area contributed by atoms with Crippen LogP contribution in [0.2, 0.25) is 0 Å². The van der Waals surface area contributed by atoms with Gasteiger partial charge in [0.25, 0.3) is 0 Å². The summed E-state index contributed by atoms with van der Waals surface area (Å²) in [6, 6.07) is 15.8. The molecule has 3 aromatic rings. The van der Waals surface area contributed by atoms with E-state index in [1.54, 1.807) is 7.11 Å². The monoisotopic (exact) mass is 397 g/mol. The molecular formula is C21H23N3O3S. The highest BCUT2D eigenvalue weighted by Gasteiger charge is 2.09. The predicted octanol–water partition coefficient (Wildman–Crippen LogP) is 3.65. The van der Waals surface area contributed by atoms with Gasteiger partial charge in [-0.05, 0) is 31.0 Å². The molecule has 0 unspecified atom stereocenters. The summed E-state index contributed by atoms with van der Waals surface area (Å²) in [5.41, 5.74) is 3.26. The Morgan fingerprint density at radius 2 is 1.89 bits per heavy atom. The first kappa shape index (κ1) is 19.9. The maximum atomic E-state index is 12.0. The summed E-state index contributed by atoms with van der Waals surface area (Å²) in [6.45, 7) is 2.63. The number of aromatic nitrogens is 2. The zero-order valence-electron chi connectivity index (χ0n) is 16.0. The molecule has 0 saturated carbocycles. The molecule has 1 aromatic heterocycles. The summed E-state index contributed by atoms with van der Waals surface area (Å²) in [7, 11) is 1.64. The van der Waals surface area contributed by atoms with Crippen molar-refractivity contribution in [2.45, 2.75) is 19.1 Å². The molecule has 1 heterocycles. The molecule has 0 spiro atoms. The number of nitrogens with one attached hydrogen (secondary N) is 1. The largest absolute Gasteiger partial charge is 0.497 e. The fourth-order valence-electron chi connectivity index (χ4n) is 2.55. The third-order valence-electron chi connectivity index (χ3n) is 4.13. The minimum absolute atomic E-state index is 0.00298. The normalized spacial score (nSPS) is 10.6. The lowest BCUT2D eigenvalue weighted by atomic mass is 10.1. The molecule has 0 aliphatic rings. The van der Waals surface area contributed by atoms with Gasteiger partial charge in [-0.25, -0.2) is 0 Å². The lowest BCUT2D eigenvalue weighted by molar-refractivity contribution is -0.118. The fraction of sp³-hybridized carbons (Fsp3) is 0.286. The second-order valence-electron chi connectivity index (χ2n) is 6.32. The van der Waals surface area contributed by atoms with Crippen molar-refractivity contribution in [3.05, 3.63) is 65.5 Å². The Bertz CT molecular complexity index is 892. The van der Waals surface area contributed by atoms with Crippen molar-refractivity contribution in [2.24, 2.45) is 0 Å². The first-order chi connectivity index (χ1) is 13.6. The van der Waals surface area contributed by atoms with Crippen molar-refractivity contribution in [3.8, 4) is 17.1 Å². The first-order valence-corrected chi connectivity index (χ1v) is 10.2. The van der Waals surface area contributed by atoms with Gasteiger partial charge in [0.05, 0.1) is 18.6 Å². The van der Waals surface area contributed by atoms with Crippen LogP contribution in [0.1, 0.15) is 17.0 Å². The van der Waals surface area contributed by atoms with E-state index in [1.807, 2.05) is 55.5 Å². The molecule has 1 N–H and O–H groups in total. The molecule has 1 amide bonds. The summed E-state index contributed by atoms with van der Waals surface area (Å²) in [4.78, 5) is 16.3. The topological polar surface area (TPSA) is 77.2 Å². The molecule has 6 nitrogen and oxygen atoms in total. The number of aryl methyl sites for hydroxylation is 1. The van der Waals surface area contributed by atoms with Crippen molar-refractivity contribution in [1.82, 2.24) is 15.5 Å². The van der Waals surface area contributed by atoms with Crippen LogP contribution in [-0.4, -0.2) is 35.5 Å². The fourth-order valence-corrected chi connectivity index (χ4v) is 3.24. The summed E-state index contributed by atoms with van der Waals surface area (Å²) >= 11 is 1.45. The van der Waals surface area contributed by atoms with Gasteiger partial charge in [-0.3, -0.25) is 4.79 Å². The third-order valence-corrected chi connectivity index (χ3v) is 5.05. The van der Waals surface area contributed by atoms with Gasteiger partial charge in [0, 0.05) is 12.1 Å². The smallest absolute Gasteiger partial charge is 0.236 e. The molecular weight excluding hydrogens is 374 g/mol. The molecule has 0 bridgehead atoms. The van der Waals surface area contributed by atoms with E-state index >= 15 is 0 Å². The highest BCUT2D eigenvalue weighted by atomic mass is 32.2. The van der Waals surface area contributed by atoms with Gasteiger partial charge >= 0.3 is 0 Å². The zero-order valence-corrected chi connectivity index (χ0v) is 16.8. The van der Waals surface area contributed by atoms with Crippen LogP contribution in [0.3, 0.4) is 0 Å². The molecule has 0 atom stereocenters. The first-order valence-electron chi connectivity index (χ1n) is 9.01. The van der Waals surface area contributed by atoms with Crippen molar-refractivity contribution in [3.63, 3.8) is 0 Å². The second-order valence-corrected chi connectivity index (χ2v) is 7.30. The minimum Gasteiger partial charge on any atom is -0.497 e. The maximum Gasteiger partial charge on any atom is 0.236 e. The van der Waals surface area contributed by atoms with Crippen molar-refractivity contribution >= 4 is 17.7 Å². The van der Waals surface area contributed by atoms with Crippen LogP contribution in [0, 0.1) is 6.92 Å². The van der Waals surface area contributed by atoms with E-state index in [0.29, 0.717) is 29.8 Å². The number of amides is 1. The van der Waals surface area contributed by atoms with Crippen molar-refractivity contribution in [2.75, 3.05) is 19.4 Å². The molecule has 0 radical (unpaired) electrons. The summed E-state index contributed by atoms with van der Waals surface area (Å²) in [6.07, 6.45) is 0.782. The average molecular weight is 398 g/mol. The number of thioether (sulfide) groups is 1. The number of carbonyl (C=O) groups is 1. The highest BCUT2D eigenvalue weighted by molar-refractivity contribution is 7.99. The van der Waals surface area contributed by atoms with Crippen molar-refractivity contribution in [1.29, 1.82) is 0 Å². The van der Waals surface area contributed by atoms with E-state index in [4.69, 9.17) is 9.26 Å². The molecule has 0 aliphatic heterocycles. The number of ether oxygens (including phenoxy) is 1. The standard InChI is InChI=1S/C21H23N3O3S/c1-15-3-7-17(8-4-15)21-23-20(27-24-21)14-28-13-19(25)22-12-11-16-5-9-18(26-2)10-6-16/h3-10H,11-14H2,1-2H3,(H,22,25). The Balaban J connectivity index is 1.36. The van der Waals surface area contributed by atoms with Crippen LogP contribution >= 0.6 is 11.8 Å². The Labute approximate surface area is 168 Å². The molecule has 3 rings (SSSR count). The SMILES string of the molecule is COc1ccc(CCNC(=O)CSCc2nc(-c3ccc(C)cc3)no2)cc1. The van der Waals surface area contributed by atoms with E-state index in [1.165, 1.54) is 17.3 Å². The van der Waals surface area contributed by atoms with E-state index in [-0.39, 0.29) is 5.91 Å². The van der Waals surface area contributed by atoms with Crippen molar-refractivity contribution < 1.29 is 14.1 Å². The number of hydrogen-bond acceptors (Lipinski definition) is 6. The Hall–Kier alpha value is -2.80. The van der Waals surface area contributed by atoms with Crippen LogP contribution in [0.25, 0.3) is 11.4 Å². The minimum atomic E-state index is -0.00298. The molecule has 28 heavy (non-hydrogen) atoms. The zero-order chi connectivity index (χ0) is 19.8. The number of nitrogens with zero attached hydrogens (tertiary/aromatic N) is 2. The van der Waals surface area contributed by atoms with Crippen LogP contribution in [-0.2, 0) is 17.0 Å². The van der Waals surface area contributed by atoms with Crippen LogP contribution in [0.5, 0.6) is 5.75 Å². The van der Waals surface area contributed by atoms with Gasteiger partial charge in [-0.2, -0.15) is 4.98 Å². The molecule has 146 valence electrons. The highest BCUT2D eigenvalue weighted by Crippen LogP contribution is 2.18. The third kappa shape index (κ3) is 5.85. The number of hydrogen-bond donors (Lipinski definition) is 1. The predicted molar refractivity (Wildman–Crippen MR) is 110 cm³/mol. The average Bonchev–Trinajstić information content (AvgIpc) is 3.18. The number of benzene rings is 2. The van der Waals surface area contributed by atoms with Crippen LogP contribution < -0.4 is 10.1 Å². The lowest BCUT2D eigenvalue weighted by Gasteiger charge is -2.05. The van der Waals surface area contributed by atoms with E-state index in [2.05, 4.69) is 15.5 Å². The maximum absolute atomic E-state index is 12.0. The lowest BCUT2D eigenvalue weighted by Crippen LogP contribution is -2.27. The quantitative estimate of drug-likeness (QED) is 0.594. The second kappa shape index (κ2) is 9.94. The van der Waals surface area contributed by atoms with E-state index < -0.39 is 0 Å². The van der Waals surface area contributed by atoms with Gasteiger partial charge in [-0.15, -0.1) is 11.8 Å². The Kier molecular flexibility index (Phi) is 7.08. The van der Waals surface area contributed by atoms with Crippen LogP contribution in [0.4, 0.5) is 0 Å². The number of methoxy groups -OCH3 is 1. The Morgan fingerprint density at radius 3 is 2.61 bits per heavy atom. The summed E-state index contributed by atoms with van der Waals surface area (Å²) < 4.78 is 10.4. The van der Waals surface area contributed by atoms with E-state index in [9.17, 15) is 4.79 Å². The molecule has 0 aliphatic carbocycles. The van der Waals surface area contributed by atoms with Gasteiger partial charge in [-0.1, -0.05) is 47.1 Å². The van der Waals surface area contributed by atoms with Gasteiger partial charge < -0.3 is 14.6 Å². The molecule has 0 saturated heterocycles. The van der Waals surface area contributed by atoms with E-state index in [0.717, 1.165) is 23.3 Å². The molecule has 7 heteroatoms. The van der Waals surface area contributed by atoms with Gasteiger partial charge in [0.2, 0.25) is 17.6 Å². The van der Waals surface area contributed by atoms with Gasteiger partial charge in [0.15, 0.2) is 0 Å².